The van der Waals surface area contributed by atoms with Crippen LogP contribution >= 0.6 is 0 Å². The van der Waals surface area contributed by atoms with Gasteiger partial charge < -0.3 is 20.2 Å². The molecule has 0 radical (unpaired) electrons. The van der Waals surface area contributed by atoms with Crippen molar-refractivity contribution in [2.75, 3.05) is 55.7 Å². The second-order valence-corrected chi connectivity index (χ2v) is 22.2. The van der Waals surface area contributed by atoms with E-state index in [2.05, 4.69) is 79.1 Å². The van der Waals surface area contributed by atoms with Gasteiger partial charge in [-0.25, -0.2) is 14.8 Å². The van der Waals surface area contributed by atoms with E-state index in [-0.39, 0.29) is 16.5 Å². The predicted octanol–water partition coefficient (Wildman–Crippen LogP) is 7.01. The number of carboxylic acid groups (broad SMARTS) is 1. The van der Waals surface area contributed by atoms with Gasteiger partial charge in [0, 0.05) is 55.6 Å². The molecule has 0 bridgehead atoms. The Hall–Kier alpha value is -1.97. The summed E-state index contributed by atoms with van der Waals surface area (Å²) in [4.78, 5) is 25.5. The molecule has 8 nitrogen and oxygen atoms in total. The number of allylic oxidation sites excluding steroid dienone is 1. The lowest BCUT2D eigenvalue weighted by molar-refractivity contribution is -0.227. The van der Waals surface area contributed by atoms with Gasteiger partial charge in [0.1, 0.15) is 0 Å². The van der Waals surface area contributed by atoms with Crippen molar-refractivity contribution in [3.05, 3.63) is 30.1 Å². The Morgan fingerprint density at radius 1 is 0.941 bits per heavy atom. The quantitative estimate of drug-likeness (QED) is 0.160. The maximum Gasteiger partial charge on any atom is 0.338 e. The molecule has 4 saturated carbocycles. The molecule has 0 aromatic carbocycles. The van der Waals surface area contributed by atoms with E-state index < -0.39 is 15.5 Å². The number of piperidine rings is 1. The van der Waals surface area contributed by atoms with Crippen molar-refractivity contribution in [3.8, 4) is 0 Å². The van der Waals surface area contributed by atoms with Crippen LogP contribution in [0.15, 0.2) is 24.5 Å². The van der Waals surface area contributed by atoms with E-state index in [0.717, 1.165) is 69.5 Å². The van der Waals surface area contributed by atoms with Crippen molar-refractivity contribution in [2.24, 2.45) is 51.2 Å². The van der Waals surface area contributed by atoms with Gasteiger partial charge in [0.2, 0.25) is 5.95 Å². The van der Waals surface area contributed by atoms with Gasteiger partial charge in [0.05, 0.1) is 5.56 Å². The lowest BCUT2D eigenvalue weighted by Gasteiger charge is -2.73. The predicted molar refractivity (Wildman–Crippen MR) is 210 cm³/mol. The van der Waals surface area contributed by atoms with Crippen LogP contribution in [-0.4, -0.2) is 92.3 Å². The number of nitrogens with zero attached hydrogens (tertiary/aromatic N) is 4. The van der Waals surface area contributed by atoms with Gasteiger partial charge >= 0.3 is 5.97 Å². The first kappa shape index (κ1) is 37.3. The molecule has 2 N–H and O–H groups in total. The monoisotopic (exact) mass is 721 g/mol. The van der Waals surface area contributed by atoms with Crippen LogP contribution in [0.25, 0.3) is 0 Å². The lowest BCUT2D eigenvalue weighted by atomic mass is 9.33. The molecule has 7 rings (SSSR count). The Labute approximate surface area is 309 Å². The average molecular weight is 722 g/mol. The molecule has 2 aliphatic heterocycles. The standard InChI is InChI=1S/C42H67N5O3S/c1-29(2)31-12-15-42(28-43-19-9-20-46-22-24-51(8,50)25-23-46)17-16-40(6)32(35(31)42)10-11-34-39(5)18-21-47(37-44-26-30(27-45-37)36(48)49)38(3,4)33(39)13-14-41(34,40)7/h26-27,31-35,43H,1,8-25,28H2,2-7H3,(H,48,49)/t31-,32+,33-,34+,35+,39-,40+,41+,42+/m0/s1. The Balaban J connectivity index is 1.08. The average Bonchev–Trinajstić information content (AvgIpc) is 3.45. The Morgan fingerprint density at radius 3 is 2.31 bits per heavy atom. The molecule has 6 aliphatic rings. The van der Waals surface area contributed by atoms with Crippen molar-refractivity contribution >= 4 is 27.3 Å². The fourth-order valence-electron chi connectivity index (χ4n) is 14.0. The van der Waals surface area contributed by atoms with Crippen molar-refractivity contribution < 1.29 is 14.1 Å². The zero-order valence-corrected chi connectivity index (χ0v) is 33.5. The van der Waals surface area contributed by atoms with E-state index in [0.29, 0.717) is 45.9 Å². The van der Waals surface area contributed by atoms with Crippen LogP contribution in [-0.2, 0) is 9.52 Å². The number of nitrogens with one attached hydrogen (secondary N) is 1. The van der Waals surface area contributed by atoms with Crippen LogP contribution in [0.5, 0.6) is 0 Å². The maximum atomic E-state index is 12.3. The number of aromatic nitrogens is 2. The topological polar surface area (TPSA) is 98.7 Å². The smallest absolute Gasteiger partial charge is 0.338 e. The molecule has 9 heteroatoms. The molecule has 0 amide bonds. The highest BCUT2D eigenvalue weighted by atomic mass is 32.2. The van der Waals surface area contributed by atoms with Gasteiger partial charge in [-0.15, -0.1) is 0 Å². The van der Waals surface area contributed by atoms with Gasteiger partial charge in [0.15, 0.2) is 0 Å². The van der Waals surface area contributed by atoms with E-state index >= 15 is 0 Å². The molecular formula is C42H67N5O3S. The first-order valence-corrected chi connectivity index (χ1v) is 22.3. The van der Waals surface area contributed by atoms with Crippen LogP contribution in [0.3, 0.4) is 0 Å². The van der Waals surface area contributed by atoms with E-state index in [1.165, 1.54) is 69.3 Å². The van der Waals surface area contributed by atoms with Crippen LogP contribution in [0, 0.1) is 51.2 Å². The molecule has 2 saturated heterocycles. The molecule has 3 heterocycles. The Kier molecular flexibility index (Phi) is 9.60. The van der Waals surface area contributed by atoms with E-state index in [1.54, 1.807) is 0 Å². The summed E-state index contributed by atoms with van der Waals surface area (Å²) in [5.74, 6) is 8.41. The second-order valence-electron chi connectivity index (χ2n) is 19.4. The number of fused-ring (bicyclic) bond motifs is 7. The highest BCUT2D eigenvalue weighted by Crippen LogP contribution is 2.76. The van der Waals surface area contributed by atoms with Crippen molar-refractivity contribution in [1.82, 2.24) is 20.2 Å². The third-order valence-corrected chi connectivity index (χ3v) is 18.8. The summed E-state index contributed by atoms with van der Waals surface area (Å²) in [6.07, 6.45) is 15.7. The molecule has 51 heavy (non-hydrogen) atoms. The second kappa shape index (κ2) is 13.1. The zero-order chi connectivity index (χ0) is 36.6. The first-order valence-electron chi connectivity index (χ1n) is 20.2. The summed E-state index contributed by atoms with van der Waals surface area (Å²) >= 11 is 0. The number of carbonyl (C=O) groups is 1. The number of hydrogen-bond acceptors (Lipinski definition) is 7. The van der Waals surface area contributed by atoms with Crippen LogP contribution < -0.4 is 10.2 Å². The van der Waals surface area contributed by atoms with Gasteiger partial charge in [0.25, 0.3) is 0 Å². The molecule has 6 fully saturated rings. The van der Waals surface area contributed by atoms with Gasteiger partial charge in [-0.2, -0.15) is 0 Å². The molecule has 0 spiro atoms. The molecule has 4 aliphatic carbocycles. The minimum Gasteiger partial charge on any atom is -0.478 e. The normalized spacial score (nSPS) is 41.5. The van der Waals surface area contributed by atoms with Crippen LogP contribution in [0.4, 0.5) is 5.95 Å². The Bertz CT molecular complexity index is 1600. The summed E-state index contributed by atoms with van der Waals surface area (Å²) in [5, 5.41) is 13.4. The summed E-state index contributed by atoms with van der Waals surface area (Å²) in [7, 11) is -1.83. The van der Waals surface area contributed by atoms with E-state index in [1.807, 2.05) is 0 Å². The molecule has 284 valence electrons. The van der Waals surface area contributed by atoms with Crippen molar-refractivity contribution in [2.45, 2.75) is 111 Å². The summed E-state index contributed by atoms with van der Waals surface area (Å²) in [5.41, 5.74) is 2.65. The summed E-state index contributed by atoms with van der Waals surface area (Å²) in [6.45, 7) is 25.9. The number of rotatable bonds is 9. The molecule has 1 aromatic rings. The van der Waals surface area contributed by atoms with E-state index in [4.69, 9.17) is 0 Å². The fourth-order valence-corrected chi connectivity index (χ4v) is 15.4. The Morgan fingerprint density at radius 2 is 1.65 bits per heavy atom. The lowest BCUT2D eigenvalue weighted by Crippen LogP contribution is -2.70. The van der Waals surface area contributed by atoms with Crippen LogP contribution in [0.1, 0.15) is 116 Å². The minimum absolute atomic E-state index is 0.121. The maximum absolute atomic E-state index is 12.3. The third kappa shape index (κ3) is 6.02. The number of carboxylic acids is 1. The molecule has 9 atom stereocenters. The molecular weight excluding hydrogens is 655 g/mol. The zero-order valence-electron chi connectivity index (χ0n) is 32.6. The van der Waals surface area contributed by atoms with E-state index in [9.17, 15) is 14.1 Å². The minimum atomic E-state index is -1.83. The number of hydrogen-bond donors (Lipinski definition) is 2. The summed E-state index contributed by atoms with van der Waals surface area (Å²) in [6, 6.07) is 0. The van der Waals surface area contributed by atoms with Gasteiger partial charge in [-0.05, 0) is 165 Å². The fraction of sp³-hybridized carbons (Fsp3) is 0.810. The van der Waals surface area contributed by atoms with Crippen molar-refractivity contribution in [1.29, 1.82) is 0 Å². The van der Waals surface area contributed by atoms with Crippen molar-refractivity contribution in [3.63, 3.8) is 0 Å². The largest absolute Gasteiger partial charge is 0.478 e. The van der Waals surface area contributed by atoms with Gasteiger partial charge in [-0.1, -0.05) is 32.9 Å². The number of aromatic carboxylic acids is 1. The third-order valence-electron chi connectivity index (χ3n) is 16.9. The molecule has 0 unspecified atom stereocenters. The molecule has 1 aromatic heterocycles. The first-order chi connectivity index (χ1) is 24.0. The summed E-state index contributed by atoms with van der Waals surface area (Å²) < 4.78 is 12.3. The SMILES string of the molecule is C=C(C)[C@@H]1CC[C@]2(CNCCCN3CCS(=C)(=O)CC3)CC[C@]3(C)[C@H](CC[C@@H]4[C@@]5(C)CCN(c6ncc(C(=O)O)cn6)C(C)(C)[C@@H]5CC[C@]43C)[C@@H]12. The highest BCUT2D eigenvalue weighted by Gasteiger charge is 2.70. The van der Waals surface area contributed by atoms with Crippen LogP contribution in [0.2, 0.25) is 0 Å². The number of anilines is 1. The van der Waals surface area contributed by atoms with Gasteiger partial charge in [-0.3, -0.25) is 4.21 Å². The highest BCUT2D eigenvalue weighted by molar-refractivity contribution is 8.00.